The van der Waals surface area contributed by atoms with Crippen LogP contribution in [-0.4, -0.2) is 29.2 Å². The molecule has 1 aliphatic heterocycles. The number of nitrogens with zero attached hydrogens (tertiary/aromatic N) is 1. The minimum atomic E-state index is -0.373. The number of carbonyl (C=O) groups excluding carboxylic acids is 2. The van der Waals surface area contributed by atoms with Gasteiger partial charge in [-0.1, -0.05) is 12.1 Å². The standard InChI is InChI=1S/C14H13N3O3/c1-20-14(19)9-4-2-8(3-5-9)10-6-12(18)16-13-11(10)7-15-17-13/h2-5,7,10H,6H2,1H3,(H2,15,16,17,18)/t10-/m1/s1. The SMILES string of the molecule is COC(=O)c1ccc([C@H]2CC(=O)Nc3[nH]ncc32)cc1. The van der Waals surface area contributed by atoms with Crippen molar-refractivity contribution in [3.05, 3.63) is 47.2 Å². The Morgan fingerprint density at radius 2 is 2.10 bits per heavy atom. The molecule has 0 spiro atoms. The Morgan fingerprint density at radius 1 is 1.35 bits per heavy atom. The highest BCUT2D eigenvalue weighted by Gasteiger charge is 2.28. The van der Waals surface area contributed by atoms with E-state index >= 15 is 0 Å². The van der Waals surface area contributed by atoms with Crippen molar-refractivity contribution >= 4 is 17.7 Å². The number of rotatable bonds is 2. The first kappa shape index (κ1) is 12.4. The van der Waals surface area contributed by atoms with Crippen LogP contribution in [0.25, 0.3) is 0 Å². The summed E-state index contributed by atoms with van der Waals surface area (Å²) in [7, 11) is 1.35. The van der Waals surface area contributed by atoms with Gasteiger partial charge in [0.25, 0.3) is 0 Å². The molecule has 1 aliphatic rings. The van der Waals surface area contributed by atoms with Gasteiger partial charge in [0.05, 0.1) is 18.9 Å². The van der Waals surface area contributed by atoms with E-state index in [1.54, 1.807) is 18.3 Å². The molecule has 1 amide bonds. The first-order chi connectivity index (χ1) is 9.69. The molecule has 2 heterocycles. The molecule has 1 aromatic heterocycles. The minimum absolute atomic E-state index is 0.0517. The third kappa shape index (κ3) is 2.05. The summed E-state index contributed by atoms with van der Waals surface area (Å²) in [5, 5.41) is 9.48. The van der Waals surface area contributed by atoms with Gasteiger partial charge in [-0.05, 0) is 17.7 Å². The van der Waals surface area contributed by atoms with Crippen LogP contribution in [0.1, 0.15) is 33.8 Å². The highest BCUT2D eigenvalue weighted by Crippen LogP contribution is 2.35. The molecule has 2 aromatic rings. The number of carbonyl (C=O) groups is 2. The monoisotopic (exact) mass is 271 g/mol. The van der Waals surface area contributed by atoms with E-state index in [9.17, 15) is 9.59 Å². The molecule has 0 saturated heterocycles. The number of methoxy groups -OCH3 is 1. The molecule has 0 unspecified atom stereocenters. The molecule has 0 fully saturated rings. The predicted octanol–water partition coefficient (Wildman–Crippen LogP) is 1.67. The molecule has 1 atom stereocenters. The lowest BCUT2D eigenvalue weighted by atomic mass is 9.87. The molecule has 0 bridgehead atoms. The maximum absolute atomic E-state index is 11.7. The molecule has 0 aliphatic carbocycles. The maximum atomic E-state index is 11.7. The van der Waals surface area contributed by atoms with Crippen molar-refractivity contribution in [1.29, 1.82) is 0 Å². The molecule has 2 N–H and O–H groups in total. The number of ether oxygens (including phenoxy) is 1. The Hall–Kier alpha value is -2.63. The van der Waals surface area contributed by atoms with Gasteiger partial charge in [-0.2, -0.15) is 5.10 Å². The summed E-state index contributed by atoms with van der Waals surface area (Å²) in [5.41, 5.74) is 2.41. The smallest absolute Gasteiger partial charge is 0.337 e. The van der Waals surface area contributed by atoms with Gasteiger partial charge in [0.2, 0.25) is 5.91 Å². The van der Waals surface area contributed by atoms with Gasteiger partial charge < -0.3 is 10.1 Å². The van der Waals surface area contributed by atoms with Gasteiger partial charge in [0.1, 0.15) is 5.82 Å². The van der Waals surface area contributed by atoms with Crippen LogP contribution in [0.3, 0.4) is 0 Å². The summed E-state index contributed by atoms with van der Waals surface area (Å²) < 4.78 is 4.66. The minimum Gasteiger partial charge on any atom is -0.465 e. The highest BCUT2D eigenvalue weighted by molar-refractivity contribution is 5.94. The van der Waals surface area contributed by atoms with Crippen molar-refractivity contribution < 1.29 is 14.3 Å². The average molecular weight is 271 g/mol. The summed E-state index contributed by atoms with van der Waals surface area (Å²) in [6.45, 7) is 0. The van der Waals surface area contributed by atoms with E-state index in [4.69, 9.17) is 0 Å². The Morgan fingerprint density at radius 3 is 2.80 bits per heavy atom. The van der Waals surface area contributed by atoms with E-state index in [1.165, 1.54) is 7.11 Å². The second-order valence-corrected chi connectivity index (χ2v) is 4.62. The summed E-state index contributed by atoms with van der Waals surface area (Å²) in [5.74, 6) is 0.165. The summed E-state index contributed by atoms with van der Waals surface area (Å²) >= 11 is 0. The van der Waals surface area contributed by atoms with Gasteiger partial charge in [-0.15, -0.1) is 0 Å². The quantitative estimate of drug-likeness (QED) is 0.814. The largest absolute Gasteiger partial charge is 0.465 e. The molecule has 6 nitrogen and oxygen atoms in total. The number of benzene rings is 1. The fourth-order valence-electron chi connectivity index (χ4n) is 2.41. The molecule has 0 saturated carbocycles. The van der Waals surface area contributed by atoms with Crippen molar-refractivity contribution in [2.24, 2.45) is 0 Å². The summed E-state index contributed by atoms with van der Waals surface area (Å²) in [6.07, 6.45) is 2.08. The number of esters is 1. The van der Waals surface area contributed by atoms with E-state index < -0.39 is 0 Å². The van der Waals surface area contributed by atoms with Gasteiger partial charge in [0, 0.05) is 17.9 Å². The fourth-order valence-corrected chi connectivity index (χ4v) is 2.41. The van der Waals surface area contributed by atoms with Crippen LogP contribution in [-0.2, 0) is 9.53 Å². The van der Waals surface area contributed by atoms with Crippen molar-refractivity contribution in [2.75, 3.05) is 12.4 Å². The maximum Gasteiger partial charge on any atom is 0.337 e. The number of hydrogen-bond donors (Lipinski definition) is 2. The number of H-pyrrole nitrogens is 1. The second kappa shape index (κ2) is 4.80. The summed E-state index contributed by atoms with van der Waals surface area (Å²) in [6, 6.07) is 7.08. The fraction of sp³-hybridized carbons (Fsp3) is 0.214. The zero-order valence-corrected chi connectivity index (χ0v) is 10.8. The van der Waals surface area contributed by atoms with E-state index in [0.717, 1.165) is 11.1 Å². The zero-order valence-electron chi connectivity index (χ0n) is 10.8. The van der Waals surface area contributed by atoms with Gasteiger partial charge in [0.15, 0.2) is 0 Å². The molecule has 102 valence electrons. The van der Waals surface area contributed by atoms with Crippen LogP contribution in [0.4, 0.5) is 5.82 Å². The van der Waals surface area contributed by atoms with Crippen molar-refractivity contribution in [3.63, 3.8) is 0 Å². The van der Waals surface area contributed by atoms with Crippen LogP contribution < -0.4 is 5.32 Å². The molecular weight excluding hydrogens is 258 g/mol. The number of aromatic amines is 1. The van der Waals surface area contributed by atoms with Crippen molar-refractivity contribution in [3.8, 4) is 0 Å². The zero-order chi connectivity index (χ0) is 14.1. The lowest BCUT2D eigenvalue weighted by Crippen LogP contribution is -2.23. The Balaban J connectivity index is 1.94. The number of amides is 1. The lowest BCUT2D eigenvalue weighted by Gasteiger charge is -2.22. The number of aromatic nitrogens is 2. The van der Waals surface area contributed by atoms with E-state index in [-0.39, 0.29) is 17.8 Å². The number of nitrogens with one attached hydrogen (secondary N) is 2. The Kier molecular flexibility index (Phi) is 2.98. The van der Waals surface area contributed by atoms with Crippen LogP contribution >= 0.6 is 0 Å². The third-order valence-corrected chi connectivity index (χ3v) is 3.43. The lowest BCUT2D eigenvalue weighted by molar-refractivity contribution is -0.116. The first-order valence-corrected chi connectivity index (χ1v) is 6.20. The normalized spacial score (nSPS) is 17.2. The number of hydrogen-bond acceptors (Lipinski definition) is 4. The number of fused-ring (bicyclic) bond motifs is 1. The van der Waals surface area contributed by atoms with Gasteiger partial charge >= 0.3 is 5.97 Å². The van der Waals surface area contributed by atoms with Gasteiger partial charge in [-0.3, -0.25) is 9.89 Å². The van der Waals surface area contributed by atoms with Crippen molar-refractivity contribution in [2.45, 2.75) is 12.3 Å². The van der Waals surface area contributed by atoms with Crippen LogP contribution in [0, 0.1) is 0 Å². The topological polar surface area (TPSA) is 84.1 Å². The highest BCUT2D eigenvalue weighted by atomic mass is 16.5. The molecule has 1 aromatic carbocycles. The molecule has 3 rings (SSSR count). The Labute approximate surface area is 115 Å². The summed E-state index contributed by atoms with van der Waals surface area (Å²) in [4.78, 5) is 23.1. The Bertz CT molecular complexity index is 661. The number of anilines is 1. The van der Waals surface area contributed by atoms with Crippen LogP contribution in [0.5, 0.6) is 0 Å². The second-order valence-electron chi connectivity index (χ2n) is 4.62. The first-order valence-electron chi connectivity index (χ1n) is 6.20. The predicted molar refractivity (Wildman–Crippen MR) is 71.5 cm³/mol. The molecule has 0 radical (unpaired) electrons. The van der Waals surface area contributed by atoms with Crippen molar-refractivity contribution in [1.82, 2.24) is 10.2 Å². The van der Waals surface area contributed by atoms with E-state index in [1.807, 2.05) is 12.1 Å². The van der Waals surface area contributed by atoms with E-state index in [0.29, 0.717) is 17.8 Å². The molecular formula is C14H13N3O3. The third-order valence-electron chi connectivity index (χ3n) is 3.43. The van der Waals surface area contributed by atoms with Crippen LogP contribution in [0.15, 0.2) is 30.5 Å². The molecule has 6 heteroatoms. The van der Waals surface area contributed by atoms with Crippen LogP contribution in [0.2, 0.25) is 0 Å². The average Bonchev–Trinajstić information content (AvgIpc) is 2.94. The van der Waals surface area contributed by atoms with Gasteiger partial charge in [-0.25, -0.2) is 4.79 Å². The van der Waals surface area contributed by atoms with E-state index in [2.05, 4.69) is 20.3 Å². The molecule has 20 heavy (non-hydrogen) atoms.